The first-order valence-corrected chi connectivity index (χ1v) is 6.00. The van der Waals surface area contributed by atoms with Crippen LogP contribution in [0, 0.1) is 12.3 Å². The molecule has 84 valence electrons. The molecule has 1 unspecified atom stereocenters. The number of terminal acetylenes is 1. The Labute approximate surface area is 87.6 Å². The zero-order chi connectivity index (χ0) is 12.1. The van der Waals surface area contributed by atoms with Gasteiger partial charge in [-0.3, -0.25) is 4.79 Å². The summed E-state index contributed by atoms with van der Waals surface area (Å²) >= 11 is 0. The van der Waals surface area contributed by atoms with Gasteiger partial charge in [-0.1, -0.05) is 0 Å². The van der Waals surface area contributed by atoms with Crippen LogP contribution in [-0.2, 0) is 19.4 Å². The molecule has 2 N–H and O–H groups in total. The maximum absolute atomic E-state index is 10.8. The molecule has 0 bridgehead atoms. The fraction of sp³-hybridized carbons (Fsp3) is 0.500. The summed E-state index contributed by atoms with van der Waals surface area (Å²) in [5.41, 5.74) is 0. The monoisotopic (exact) mass is 233 g/mol. The van der Waals surface area contributed by atoms with E-state index in [9.17, 15) is 18.0 Å². The van der Waals surface area contributed by atoms with Gasteiger partial charge >= 0.3 is 5.97 Å². The second-order valence-corrected chi connectivity index (χ2v) is 5.19. The van der Waals surface area contributed by atoms with E-state index in [4.69, 9.17) is 11.5 Å². The highest BCUT2D eigenvalue weighted by Gasteiger charge is 2.20. The molecule has 7 heteroatoms. The van der Waals surface area contributed by atoms with Gasteiger partial charge in [-0.2, -0.15) is 0 Å². The van der Waals surface area contributed by atoms with Gasteiger partial charge in [-0.25, -0.2) is 13.2 Å². The maximum atomic E-state index is 10.8. The van der Waals surface area contributed by atoms with Crippen LogP contribution in [0.15, 0.2) is 0 Å². The lowest BCUT2D eigenvalue weighted by atomic mass is 10.2. The van der Waals surface area contributed by atoms with Gasteiger partial charge in [0, 0.05) is 6.26 Å². The van der Waals surface area contributed by atoms with E-state index in [1.54, 1.807) is 5.92 Å². The molecular weight excluding hydrogens is 222 g/mol. The molecule has 0 spiro atoms. The van der Waals surface area contributed by atoms with Gasteiger partial charge in [0.15, 0.2) is 0 Å². The Morgan fingerprint density at radius 3 is 2.40 bits per heavy atom. The van der Waals surface area contributed by atoms with Crippen LogP contribution >= 0.6 is 0 Å². The van der Waals surface area contributed by atoms with E-state index in [0.29, 0.717) is 0 Å². The molecule has 0 saturated carbocycles. The fourth-order valence-corrected chi connectivity index (χ4v) is 1.45. The van der Waals surface area contributed by atoms with Gasteiger partial charge in [0.25, 0.3) is 5.91 Å². The summed E-state index contributed by atoms with van der Waals surface area (Å²) in [4.78, 5) is 21.3. The Hall–Kier alpha value is -1.55. The molecule has 0 aliphatic heterocycles. The standard InChI is InChI=1S/C8H11NO5S/c1-3-7(10)9-6(8(11)12)4-5-15(2,13)14/h1,6H,4-5H2,2H3,(H,9,10)(H,11,12). The molecule has 0 radical (unpaired) electrons. The third-order valence-electron chi connectivity index (χ3n) is 1.51. The molecule has 0 aliphatic rings. The van der Waals surface area contributed by atoms with Crippen molar-refractivity contribution in [1.29, 1.82) is 0 Å². The Bertz CT molecular complexity index is 392. The van der Waals surface area contributed by atoms with Crippen LogP contribution in [0.2, 0.25) is 0 Å². The molecule has 1 atom stereocenters. The highest BCUT2D eigenvalue weighted by atomic mass is 32.2. The zero-order valence-electron chi connectivity index (χ0n) is 8.06. The van der Waals surface area contributed by atoms with Crippen LogP contribution in [0.1, 0.15) is 6.42 Å². The smallest absolute Gasteiger partial charge is 0.326 e. The molecule has 0 aromatic rings. The number of amides is 1. The second kappa shape index (κ2) is 5.36. The van der Waals surface area contributed by atoms with Crippen molar-refractivity contribution >= 4 is 21.7 Å². The first kappa shape index (κ1) is 13.4. The molecule has 0 heterocycles. The fourth-order valence-electron chi connectivity index (χ4n) is 0.789. The van der Waals surface area contributed by atoms with Crippen LogP contribution in [0.25, 0.3) is 0 Å². The number of sulfone groups is 1. The number of carbonyl (C=O) groups excluding carboxylic acids is 1. The topological polar surface area (TPSA) is 101 Å². The number of aliphatic carboxylic acids is 1. The van der Waals surface area contributed by atoms with Gasteiger partial charge < -0.3 is 10.4 Å². The van der Waals surface area contributed by atoms with Crippen LogP contribution < -0.4 is 5.32 Å². The number of carboxylic acids is 1. The van der Waals surface area contributed by atoms with E-state index in [-0.39, 0.29) is 12.2 Å². The van der Waals surface area contributed by atoms with Gasteiger partial charge in [0.2, 0.25) is 0 Å². The van der Waals surface area contributed by atoms with Crippen molar-refractivity contribution in [3.8, 4) is 12.3 Å². The van der Waals surface area contributed by atoms with E-state index in [0.717, 1.165) is 6.26 Å². The van der Waals surface area contributed by atoms with Crippen LogP contribution in [0.4, 0.5) is 0 Å². The number of hydrogen-bond donors (Lipinski definition) is 2. The van der Waals surface area contributed by atoms with E-state index in [1.807, 2.05) is 5.32 Å². The van der Waals surface area contributed by atoms with Crippen molar-refractivity contribution in [2.75, 3.05) is 12.0 Å². The Morgan fingerprint density at radius 1 is 1.53 bits per heavy atom. The number of rotatable bonds is 5. The van der Waals surface area contributed by atoms with E-state index in [1.165, 1.54) is 0 Å². The van der Waals surface area contributed by atoms with Crippen molar-refractivity contribution in [3.63, 3.8) is 0 Å². The molecule has 0 rings (SSSR count). The minimum Gasteiger partial charge on any atom is -0.480 e. The quantitative estimate of drug-likeness (QED) is 0.570. The van der Waals surface area contributed by atoms with Gasteiger partial charge in [0.1, 0.15) is 15.9 Å². The minimum absolute atomic E-state index is 0.207. The lowest BCUT2D eigenvalue weighted by molar-refractivity contribution is -0.141. The Balaban J connectivity index is 4.38. The van der Waals surface area contributed by atoms with E-state index < -0.39 is 27.8 Å². The number of carbonyl (C=O) groups is 2. The Kier molecular flexibility index (Phi) is 4.81. The molecule has 0 saturated heterocycles. The third-order valence-corrected chi connectivity index (χ3v) is 2.49. The summed E-state index contributed by atoms with van der Waals surface area (Å²) in [6.07, 6.45) is 5.50. The molecule has 0 aromatic heterocycles. The van der Waals surface area contributed by atoms with Crippen molar-refractivity contribution in [2.45, 2.75) is 12.5 Å². The summed E-state index contributed by atoms with van der Waals surface area (Å²) < 4.78 is 21.5. The molecule has 15 heavy (non-hydrogen) atoms. The number of hydrogen-bond acceptors (Lipinski definition) is 4. The Morgan fingerprint density at radius 2 is 2.07 bits per heavy atom. The molecule has 1 amide bonds. The summed E-state index contributed by atoms with van der Waals surface area (Å²) in [5, 5.41) is 10.6. The van der Waals surface area contributed by atoms with Crippen molar-refractivity contribution in [3.05, 3.63) is 0 Å². The summed E-state index contributed by atoms with van der Waals surface area (Å²) in [6.45, 7) is 0. The van der Waals surface area contributed by atoms with Crippen LogP contribution in [-0.4, -0.2) is 43.5 Å². The SMILES string of the molecule is C#CC(=O)NC(CCS(C)(=O)=O)C(=O)O. The first-order chi connectivity index (χ1) is 6.76. The maximum Gasteiger partial charge on any atom is 0.326 e. The second-order valence-electron chi connectivity index (χ2n) is 2.93. The number of carboxylic acid groups (broad SMARTS) is 1. The van der Waals surface area contributed by atoms with Crippen molar-refractivity contribution in [2.24, 2.45) is 0 Å². The predicted molar refractivity (Wildman–Crippen MR) is 52.7 cm³/mol. The van der Waals surface area contributed by atoms with E-state index in [2.05, 4.69) is 0 Å². The summed E-state index contributed by atoms with van der Waals surface area (Å²) in [5.74, 6) is -0.836. The van der Waals surface area contributed by atoms with Gasteiger partial charge in [-0.15, -0.1) is 6.42 Å². The normalized spacial score (nSPS) is 12.5. The summed E-state index contributed by atoms with van der Waals surface area (Å²) in [7, 11) is -3.26. The van der Waals surface area contributed by atoms with Crippen molar-refractivity contribution in [1.82, 2.24) is 5.32 Å². The minimum atomic E-state index is -3.26. The van der Waals surface area contributed by atoms with Gasteiger partial charge in [-0.05, 0) is 12.3 Å². The van der Waals surface area contributed by atoms with Gasteiger partial charge in [0.05, 0.1) is 5.75 Å². The van der Waals surface area contributed by atoms with Crippen LogP contribution in [0.5, 0.6) is 0 Å². The number of nitrogens with one attached hydrogen (secondary N) is 1. The largest absolute Gasteiger partial charge is 0.480 e. The average Bonchev–Trinajstić information content (AvgIpc) is 2.09. The van der Waals surface area contributed by atoms with Crippen LogP contribution in [0.3, 0.4) is 0 Å². The first-order valence-electron chi connectivity index (χ1n) is 3.94. The molecule has 0 aliphatic carbocycles. The summed E-state index contributed by atoms with van der Waals surface area (Å²) in [6, 6.07) is -1.27. The molecule has 6 nitrogen and oxygen atoms in total. The van der Waals surface area contributed by atoms with Crippen molar-refractivity contribution < 1.29 is 23.1 Å². The van der Waals surface area contributed by atoms with E-state index >= 15 is 0 Å². The highest BCUT2D eigenvalue weighted by molar-refractivity contribution is 7.90. The lowest BCUT2D eigenvalue weighted by Crippen LogP contribution is -2.41. The molecular formula is C8H11NO5S. The molecule has 0 aromatic carbocycles. The zero-order valence-corrected chi connectivity index (χ0v) is 8.87. The molecule has 0 fully saturated rings. The highest BCUT2D eigenvalue weighted by Crippen LogP contribution is 1.96. The third kappa shape index (κ3) is 6.51. The lowest BCUT2D eigenvalue weighted by Gasteiger charge is -2.11. The average molecular weight is 233 g/mol. The predicted octanol–water partition coefficient (Wildman–Crippen LogP) is -1.38.